The highest BCUT2D eigenvalue weighted by Crippen LogP contribution is 2.22. The molecule has 3 rings (SSSR count). The molecule has 124 valence electrons. The van der Waals surface area contributed by atoms with Gasteiger partial charge in [-0.1, -0.05) is 6.07 Å². The lowest BCUT2D eigenvalue weighted by Crippen LogP contribution is -2.31. The fraction of sp³-hybridized carbons (Fsp3) is 0.500. The van der Waals surface area contributed by atoms with Crippen LogP contribution >= 0.6 is 0 Å². The van der Waals surface area contributed by atoms with Crippen molar-refractivity contribution in [1.82, 2.24) is 19.9 Å². The van der Waals surface area contributed by atoms with E-state index in [-0.39, 0.29) is 0 Å². The van der Waals surface area contributed by atoms with E-state index in [1.54, 1.807) is 23.1 Å². The Hall–Kier alpha value is -2.02. The molecular weight excluding hydrogens is 300 g/mol. The van der Waals surface area contributed by atoms with Crippen molar-refractivity contribution in [2.45, 2.75) is 26.4 Å². The number of anilines is 1. The van der Waals surface area contributed by atoms with Crippen molar-refractivity contribution in [3.63, 3.8) is 0 Å². The van der Waals surface area contributed by atoms with E-state index in [1.807, 2.05) is 11.8 Å². The molecule has 0 atom stereocenters. The lowest BCUT2D eigenvalue weighted by molar-refractivity contribution is 0.281. The summed E-state index contributed by atoms with van der Waals surface area (Å²) < 4.78 is 27.4. The molecule has 0 bridgehead atoms. The van der Waals surface area contributed by atoms with Crippen molar-refractivity contribution in [2.75, 3.05) is 31.1 Å². The SMILES string of the molecule is CCn1ncc(CN2CCCN(c3cccc(F)c3F)CC2)n1. The van der Waals surface area contributed by atoms with Gasteiger partial charge in [0.25, 0.3) is 0 Å². The first kappa shape index (κ1) is 15.9. The molecule has 0 aliphatic carbocycles. The molecule has 1 aliphatic heterocycles. The van der Waals surface area contributed by atoms with Crippen molar-refractivity contribution >= 4 is 5.69 Å². The van der Waals surface area contributed by atoms with Crippen LogP contribution in [0, 0.1) is 11.6 Å². The number of hydrogen-bond donors (Lipinski definition) is 0. The summed E-state index contributed by atoms with van der Waals surface area (Å²) in [6.45, 7) is 6.58. The van der Waals surface area contributed by atoms with E-state index in [4.69, 9.17) is 0 Å². The number of aryl methyl sites for hydroxylation is 1. The summed E-state index contributed by atoms with van der Waals surface area (Å²) in [5.41, 5.74) is 1.29. The maximum atomic E-state index is 14.0. The molecular formula is C16H21F2N5. The van der Waals surface area contributed by atoms with Crippen LogP contribution in [0.5, 0.6) is 0 Å². The van der Waals surface area contributed by atoms with E-state index in [9.17, 15) is 8.78 Å². The Morgan fingerprint density at radius 2 is 2.00 bits per heavy atom. The fourth-order valence-electron chi connectivity index (χ4n) is 2.89. The Morgan fingerprint density at radius 3 is 2.78 bits per heavy atom. The van der Waals surface area contributed by atoms with Gasteiger partial charge < -0.3 is 4.90 Å². The molecule has 2 aromatic rings. The minimum atomic E-state index is -0.792. The monoisotopic (exact) mass is 321 g/mol. The number of rotatable bonds is 4. The fourth-order valence-corrected chi connectivity index (χ4v) is 2.89. The Morgan fingerprint density at radius 1 is 1.13 bits per heavy atom. The zero-order valence-electron chi connectivity index (χ0n) is 13.3. The molecule has 0 radical (unpaired) electrons. The van der Waals surface area contributed by atoms with E-state index in [0.29, 0.717) is 12.2 Å². The number of benzene rings is 1. The summed E-state index contributed by atoms with van der Waals surface area (Å²) in [7, 11) is 0. The van der Waals surface area contributed by atoms with E-state index < -0.39 is 11.6 Å². The van der Waals surface area contributed by atoms with Crippen LogP contribution in [0.4, 0.5) is 14.5 Å². The maximum Gasteiger partial charge on any atom is 0.182 e. The maximum absolute atomic E-state index is 14.0. The van der Waals surface area contributed by atoms with Gasteiger partial charge >= 0.3 is 0 Å². The summed E-state index contributed by atoms with van der Waals surface area (Å²) in [5.74, 6) is -1.55. The molecule has 1 aliphatic rings. The average molecular weight is 321 g/mol. The number of nitrogens with zero attached hydrogens (tertiary/aromatic N) is 5. The van der Waals surface area contributed by atoms with Crippen LogP contribution in [0.2, 0.25) is 0 Å². The van der Waals surface area contributed by atoms with Gasteiger partial charge in [0.15, 0.2) is 11.6 Å². The van der Waals surface area contributed by atoms with Crippen LogP contribution in [-0.4, -0.2) is 46.1 Å². The third-order valence-corrected chi connectivity index (χ3v) is 4.11. The van der Waals surface area contributed by atoms with Crippen LogP contribution in [0.3, 0.4) is 0 Å². The second-order valence-electron chi connectivity index (χ2n) is 5.71. The molecule has 0 N–H and O–H groups in total. The lowest BCUT2D eigenvalue weighted by atomic mass is 10.2. The van der Waals surface area contributed by atoms with Crippen LogP contribution in [0.25, 0.3) is 0 Å². The molecule has 7 heteroatoms. The molecule has 0 saturated carbocycles. The highest BCUT2D eigenvalue weighted by atomic mass is 19.2. The predicted octanol–water partition coefficient (Wildman–Crippen LogP) is 2.29. The molecule has 1 fully saturated rings. The molecule has 1 aromatic heterocycles. The first-order valence-electron chi connectivity index (χ1n) is 7.97. The smallest absolute Gasteiger partial charge is 0.182 e. The summed E-state index contributed by atoms with van der Waals surface area (Å²) in [4.78, 5) is 5.87. The number of aromatic nitrogens is 3. The standard InChI is InChI=1S/C16H21F2N5/c1-2-23-19-11-13(20-23)12-21-7-4-8-22(10-9-21)15-6-3-5-14(17)16(15)18/h3,5-6,11H,2,4,7-10,12H2,1H3. The normalized spacial score (nSPS) is 16.6. The van der Waals surface area contributed by atoms with Crippen LogP contribution in [-0.2, 0) is 13.1 Å². The minimum absolute atomic E-state index is 0.351. The van der Waals surface area contributed by atoms with Gasteiger partial charge in [-0.3, -0.25) is 4.90 Å². The molecule has 23 heavy (non-hydrogen) atoms. The van der Waals surface area contributed by atoms with Crippen molar-refractivity contribution in [2.24, 2.45) is 0 Å². The van der Waals surface area contributed by atoms with Crippen molar-refractivity contribution < 1.29 is 8.78 Å². The van der Waals surface area contributed by atoms with Gasteiger partial charge in [-0.15, -0.1) is 0 Å². The molecule has 0 unspecified atom stereocenters. The van der Waals surface area contributed by atoms with Crippen LogP contribution in [0.15, 0.2) is 24.4 Å². The van der Waals surface area contributed by atoms with Gasteiger partial charge in [0.2, 0.25) is 0 Å². The lowest BCUT2D eigenvalue weighted by Gasteiger charge is -2.23. The highest BCUT2D eigenvalue weighted by molar-refractivity contribution is 5.48. The second kappa shape index (κ2) is 7.04. The Bertz CT molecular complexity index is 658. The predicted molar refractivity (Wildman–Crippen MR) is 84.2 cm³/mol. The third-order valence-electron chi connectivity index (χ3n) is 4.11. The average Bonchev–Trinajstić information content (AvgIpc) is 2.88. The van der Waals surface area contributed by atoms with E-state index >= 15 is 0 Å². The first-order valence-corrected chi connectivity index (χ1v) is 7.97. The second-order valence-corrected chi connectivity index (χ2v) is 5.71. The first-order chi connectivity index (χ1) is 11.2. The van der Waals surface area contributed by atoms with Gasteiger partial charge in [-0.05, 0) is 25.5 Å². The molecule has 0 spiro atoms. The summed E-state index contributed by atoms with van der Waals surface area (Å²) in [6, 6.07) is 4.35. The highest BCUT2D eigenvalue weighted by Gasteiger charge is 2.19. The summed E-state index contributed by atoms with van der Waals surface area (Å²) in [6.07, 6.45) is 2.69. The molecule has 2 heterocycles. The van der Waals surface area contributed by atoms with E-state index in [0.717, 1.165) is 50.9 Å². The van der Waals surface area contributed by atoms with Crippen molar-refractivity contribution in [1.29, 1.82) is 0 Å². The van der Waals surface area contributed by atoms with Gasteiger partial charge in [0.1, 0.15) is 0 Å². The number of halogens is 2. The minimum Gasteiger partial charge on any atom is -0.368 e. The van der Waals surface area contributed by atoms with Crippen LogP contribution in [0.1, 0.15) is 19.0 Å². The zero-order valence-corrected chi connectivity index (χ0v) is 13.3. The molecule has 0 amide bonds. The molecule has 1 saturated heterocycles. The largest absolute Gasteiger partial charge is 0.368 e. The Kier molecular flexibility index (Phi) is 4.85. The quantitative estimate of drug-likeness (QED) is 0.866. The number of hydrogen-bond acceptors (Lipinski definition) is 4. The van der Waals surface area contributed by atoms with Crippen molar-refractivity contribution in [3.8, 4) is 0 Å². The van der Waals surface area contributed by atoms with Gasteiger partial charge in [-0.25, -0.2) is 8.78 Å². The van der Waals surface area contributed by atoms with E-state index in [1.165, 1.54) is 0 Å². The van der Waals surface area contributed by atoms with Gasteiger partial charge in [-0.2, -0.15) is 15.0 Å². The molecule has 1 aromatic carbocycles. The summed E-state index contributed by atoms with van der Waals surface area (Å²) in [5, 5.41) is 8.58. The summed E-state index contributed by atoms with van der Waals surface area (Å²) >= 11 is 0. The topological polar surface area (TPSA) is 37.2 Å². The van der Waals surface area contributed by atoms with Crippen LogP contribution < -0.4 is 4.90 Å². The van der Waals surface area contributed by atoms with Gasteiger partial charge in [0, 0.05) is 32.7 Å². The Balaban J connectivity index is 1.64. The van der Waals surface area contributed by atoms with E-state index in [2.05, 4.69) is 15.1 Å². The molecule has 5 nitrogen and oxygen atoms in total. The van der Waals surface area contributed by atoms with Gasteiger partial charge in [0.05, 0.1) is 24.1 Å². The third kappa shape index (κ3) is 3.67. The zero-order chi connectivity index (χ0) is 16.2. The van der Waals surface area contributed by atoms with Crippen molar-refractivity contribution in [3.05, 3.63) is 41.7 Å². The Labute approximate surface area is 134 Å².